The molecule has 0 amide bonds. The number of fused-ring (bicyclic) bond motifs is 1. The normalized spacial score (nSPS) is 21.7. The van der Waals surface area contributed by atoms with Gasteiger partial charge in [0.25, 0.3) is 0 Å². The number of ether oxygens (including phenoxy) is 1. The van der Waals surface area contributed by atoms with Gasteiger partial charge in [-0.3, -0.25) is 4.40 Å². The molecule has 1 aliphatic heterocycles. The Kier molecular flexibility index (Phi) is 3.65. The summed E-state index contributed by atoms with van der Waals surface area (Å²) < 4.78 is 7.67. The van der Waals surface area contributed by atoms with Crippen LogP contribution in [0.1, 0.15) is 30.7 Å². The summed E-state index contributed by atoms with van der Waals surface area (Å²) in [6.07, 6.45) is 11.8. The molecule has 3 heterocycles. The largest absolute Gasteiger partial charge is 0.378 e. The second-order valence-electron chi connectivity index (χ2n) is 6.28. The molecule has 1 fully saturated rings. The number of allylic oxidation sites excluding steroid dienone is 4. The number of imidazole rings is 1. The average Bonchev–Trinajstić information content (AvgIpc) is 2.92. The van der Waals surface area contributed by atoms with Crippen molar-refractivity contribution in [2.45, 2.75) is 26.2 Å². The molecule has 1 aliphatic carbocycles. The maximum Gasteiger partial charge on any atom is 0.180 e. The Bertz CT molecular complexity index is 784. The second-order valence-corrected chi connectivity index (χ2v) is 6.28. The lowest BCUT2D eigenvalue weighted by molar-refractivity contribution is 0.122. The van der Waals surface area contributed by atoms with Crippen LogP contribution in [-0.4, -0.2) is 40.7 Å². The third-order valence-electron chi connectivity index (χ3n) is 4.69. The van der Waals surface area contributed by atoms with E-state index in [0.29, 0.717) is 5.92 Å². The molecular formula is C18H22N4O. The molecule has 4 rings (SSSR count). The third-order valence-corrected chi connectivity index (χ3v) is 4.69. The fourth-order valence-electron chi connectivity index (χ4n) is 3.47. The smallest absolute Gasteiger partial charge is 0.180 e. The zero-order valence-corrected chi connectivity index (χ0v) is 13.7. The fraction of sp³-hybridized carbons (Fsp3) is 0.444. The minimum atomic E-state index is 0.383. The number of hydrogen-bond acceptors (Lipinski definition) is 4. The molecule has 0 N–H and O–H groups in total. The number of aromatic nitrogens is 3. The number of anilines is 1. The standard InChI is InChI=1S/C18H22N4O/c1-13-3-5-15(6-4-13)16-14(2)20-18-17(19-7-8-22(16)18)21-9-11-23-12-10-21/h3-5,7-8,15H,6,9-12H2,1-2H3. The summed E-state index contributed by atoms with van der Waals surface area (Å²) in [6.45, 7) is 7.51. The highest BCUT2D eigenvalue weighted by atomic mass is 16.5. The molecule has 120 valence electrons. The van der Waals surface area contributed by atoms with Gasteiger partial charge in [-0.2, -0.15) is 0 Å². The van der Waals surface area contributed by atoms with Crippen molar-refractivity contribution in [1.82, 2.24) is 14.4 Å². The van der Waals surface area contributed by atoms with Gasteiger partial charge in [-0.05, 0) is 20.3 Å². The van der Waals surface area contributed by atoms with Crippen LogP contribution in [-0.2, 0) is 4.74 Å². The first-order chi connectivity index (χ1) is 11.2. The Labute approximate surface area is 136 Å². The summed E-state index contributed by atoms with van der Waals surface area (Å²) in [6, 6.07) is 0. The molecule has 5 heteroatoms. The molecule has 0 spiro atoms. The van der Waals surface area contributed by atoms with Crippen molar-refractivity contribution in [2.24, 2.45) is 0 Å². The molecule has 2 aromatic rings. The summed E-state index contributed by atoms with van der Waals surface area (Å²) in [4.78, 5) is 11.7. The van der Waals surface area contributed by atoms with Crippen LogP contribution in [0.4, 0.5) is 5.82 Å². The number of nitrogens with zero attached hydrogens (tertiary/aromatic N) is 4. The molecule has 0 saturated carbocycles. The topological polar surface area (TPSA) is 42.7 Å². The Morgan fingerprint density at radius 1 is 1.22 bits per heavy atom. The lowest BCUT2D eigenvalue weighted by atomic mass is 9.93. The minimum Gasteiger partial charge on any atom is -0.378 e. The Balaban J connectivity index is 1.78. The summed E-state index contributed by atoms with van der Waals surface area (Å²) in [5.74, 6) is 1.35. The van der Waals surface area contributed by atoms with Crippen LogP contribution in [0.3, 0.4) is 0 Å². The van der Waals surface area contributed by atoms with Crippen LogP contribution >= 0.6 is 0 Å². The summed E-state index contributed by atoms with van der Waals surface area (Å²) in [7, 11) is 0. The maximum atomic E-state index is 5.46. The number of hydrogen-bond donors (Lipinski definition) is 0. The van der Waals surface area contributed by atoms with E-state index in [0.717, 1.165) is 49.9 Å². The van der Waals surface area contributed by atoms with E-state index in [1.165, 1.54) is 11.3 Å². The Morgan fingerprint density at radius 3 is 2.78 bits per heavy atom. The molecule has 2 aliphatic rings. The molecule has 23 heavy (non-hydrogen) atoms. The summed E-state index contributed by atoms with van der Waals surface area (Å²) in [5, 5.41) is 0. The zero-order valence-electron chi connectivity index (χ0n) is 13.7. The molecule has 0 bridgehead atoms. The van der Waals surface area contributed by atoms with Gasteiger partial charge in [0.2, 0.25) is 0 Å². The molecular weight excluding hydrogens is 288 g/mol. The van der Waals surface area contributed by atoms with Crippen molar-refractivity contribution in [3.63, 3.8) is 0 Å². The SMILES string of the molecule is CC1=CCC(c2c(C)nc3c(N4CCOCC4)nccn23)C=C1. The number of morpholine rings is 1. The van der Waals surface area contributed by atoms with E-state index in [1.54, 1.807) is 0 Å². The van der Waals surface area contributed by atoms with Crippen LogP contribution in [0.5, 0.6) is 0 Å². The predicted octanol–water partition coefficient (Wildman–Crippen LogP) is 2.86. The zero-order chi connectivity index (χ0) is 15.8. The molecule has 1 saturated heterocycles. The van der Waals surface area contributed by atoms with Gasteiger partial charge in [0.05, 0.1) is 24.6 Å². The van der Waals surface area contributed by atoms with E-state index in [-0.39, 0.29) is 0 Å². The molecule has 0 aromatic carbocycles. The second kappa shape index (κ2) is 5.81. The first-order valence-electron chi connectivity index (χ1n) is 8.25. The quantitative estimate of drug-likeness (QED) is 0.855. The first kappa shape index (κ1) is 14.5. The van der Waals surface area contributed by atoms with Gasteiger partial charge in [-0.1, -0.05) is 23.8 Å². The van der Waals surface area contributed by atoms with Crippen molar-refractivity contribution in [3.8, 4) is 0 Å². The van der Waals surface area contributed by atoms with Crippen molar-refractivity contribution >= 4 is 11.5 Å². The van der Waals surface area contributed by atoms with E-state index in [9.17, 15) is 0 Å². The Hall–Kier alpha value is -2.14. The van der Waals surface area contributed by atoms with Gasteiger partial charge in [0.15, 0.2) is 11.5 Å². The minimum absolute atomic E-state index is 0.383. The van der Waals surface area contributed by atoms with E-state index in [4.69, 9.17) is 9.72 Å². The van der Waals surface area contributed by atoms with Gasteiger partial charge in [0.1, 0.15) is 0 Å². The monoisotopic (exact) mass is 310 g/mol. The predicted molar refractivity (Wildman–Crippen MR) is 91.0 cm³/mol. The van der Waals surface area contributed by atoms with Crippen molar-refractivity contribution in [2.75, 3.05) is 31.2 Å². The van der Waals surface area contributed by atoms with Gasteiger partial charge in [-0.15, -0.1) is 0 Å². The number of rotatable bonds is 2. The molecule has 1 atom stereocenters. The summed E-state index contributed by atoms with van der Waals surface area (Å²) in [5.41, 5.74) is 4.66. The highest BCUT2D eigenvalue weighted by Gasteiger charge is 2.22. The van der Waals surface area contributed by atoms with Crippen LogP contribution in [0.25, 0.3) is 5.65 Å². The van der Waals surface area contributed by atoms with Crippen LogP contribution in [0.2, 0.25) is 0 Å². The fourth-order valence-corrected chi connectivity index (χ4v) is 3.47. The van der Waals surface area contributed by atoms with Crippen LogP contribution in [0, 0.1) is 6.92 Å². The van der Waals surface area contributed by atoms with E-state index < -0.39 is 0 Å². The van der Waals surface area contributed by atoms with Gasteiger partial charge >= 0.3 is 0 Å². The lowest BCUT2D eigenvalue weighted by Gasteiger charge is -2.27. The van der Waals surface area contributed by atoms with Crippen molar-refractivity contribution in [1.29, 1.82) is 0 Å². The maximum absolute atomic E-state index is 5.46. The number of aryl methyl sites for hydroxylation is 1. The van der Waals surface area contributed by atoms with Gasteiger partial charge in [0, 0.05) is 31.4 Å². The highest BCUT2D eigenvalue weighted by Crippen LogP contribution is 2.31. The van der Waals surface area contributed by atoms with E-state index in [1.807, 2.05) is 12.4 Å². The van der Waals surface area contributed by atoms with Gasteiger partial charge < -0.3 is 9.64 Å². The molecule has 5 nitrogen and oxygen atoms in total. The molecule has 0 radical (unpaired) electrons. The lowest BCUT2D eigenvalue weighted by Crippen LogP contribution is -2.37. The highest BCUT2D eigenvalue weighted by molar-refractivity contribution is 5.66. The first-order valence-corrected chi connectivity index (χ1v) is 8.25. The van der Waals surface area contributed by atoms with E-state index >= 15 is 0 Å². The van der Waals surface area contributed by atoms with Crippen molar-refractivity contribution < 1.29 is 4.74 Å². The third kappa shape index (κ3) is 2.55. The van der Waals surface area contributed by atoms with Crippen LogP contribution in [0.15, 0.2) is 36.2 Å². The van der Waals surface area contributed by atoms with E-state index in [2.05, 4.69) is 46.4 Å². The average molecular weight is 310 g/mol. The Morgan fingerprint density at radius 2 is 2.04 bits per heavy atom. The molecule has 2 aromatic heterocycles. The van der Waals surface area contributed by atoms with Gasteiger partial charge in [-0.25, -0.2) is 9.97 Å². The summed E-state index contributed by atoms with van der Waals surface area (Å²) >= 11 is 0. The van der Waals surface area contributed by atoms with Crippen molar-refractivity contribution in [3.05, 3.63) is 47.6 Å². The van der Waals surface area contributed by atoms with Crippen LogP contribution < -0.4 is 4.90 Å². The molecule has 1 unspecified atom stereocenters.